The van der Waals surface area contributed by atoms with Crippen molar-refractivity contribution in [3.63, 3.8) is 0 Å². The predicted octanol–water partition coefficient (Wildman–Crippen LogP) is 6.11. The van der Waals surface area contributed by atoms with E-state index >= 15 is 0 Å². The van der Waals surface area contributed by atoms with Gasteiger partial charge in [0.15, 0.2) is 25.0 Å². The number of carbonyl (C=O) groups excluding carboxylic acids is 2. The van der Waals surface area contributed by atoms with Gasteiger partial charge in [0.2, 0.25) is 0 Å². The number of rotatable bonds is 20. The van der Waals surface area contributed by atoms with Crippen LogP contribution in [0.4, 0.5) is 0 Å². The maximum Gasteiger partial charge on any atom is 0.469 e. The molecule has 0 spiro atoms. The quantitative estimate of drug-likeness (QED) is 0.0737. The van der Waals surface area contributed by atoms with E-state index in [4.69, 9.17) is 26.6 Å². The Balaban J connectivity index is 5.71. The third kappa shape index (κ3) is 19.5. The summed E-state index contributed by atoms with van der Waals surface area (Å²) in [6.07, 6.45) is 2.28. The van der Waals surface area contributed by atoms with Crippen LogP contribution in [-0.4, -0.2) is 72.1 Å². The van der Waals surface area contributed by atoms with E-state index in [1.54, 1.807) is 0 Å². The molecule has 0 saturated carbocycles. The maximum absolute atomic E-state index is 11.2. The second-order valence-corrected chi connectivity index (χ2v) is 28.2. The lowest BCUT2D eigenvalue weighted by atomic mass is 10.4. The van der Waals surface area contributed by atoms with Crippen molar-refractivity contribution >= 4 is 45.7 Å². The van der Waals surface area contributed by atoms with Crippen LogP contribution in [0, 0.1) is 0 Å². The van der Waals surface area contributed by atoms with Crippen molar-refractivity contribution in [1.29, 1.82) is 0 Å². The Morgan fingerprint density at radius 1 is 0.639 bits per heavy atom. The van der Waals surface area contributed by atoms with Crippen LogP contribution in [-0.2, 0) is 36.1 Å². The Hall–Kier alpha value is -0.612. The Morgan fingerprint density at radius 2 is 1.06 bits per heavy atom. The monoisotopic (exact) mass is 580 g/mol. The maximum atomic E-state index is 11.2. The Labute approximate surface area is 224 Å². The van der Waals surface area contributed by atoms with Gasteiger partial charge in [-0.1, -0.05) is 12.2 Å². The second kappa shape index (κ2) is 16.4. The molecule has 0 radical (unpaired) electrons. The van der Waals surface area contributed by atoms with E-state index in [1.165, 1.54) is 13.8 Å². The molecule has 0 aliphatic heterocycles. The van der Waals surface area contributed by atoms with Crippen LogP contribution in [0.5, 0.6) is 0 Å². The highest BCUT2D eigenvalue weighted by molar-refractivity contribution is 6.90. The molecule has 8 nitrogen and oxygen atoms in total. The molecule has 0 rings (SSSR count). The molecule has 212 valence electrons. The molecular weight excluding hydrogens is 529 g/mol. The highest BCUT2D eigenvalue weighted by Gasteiger charge is 2.51. The molecule has 0 aliphatic carbocycles. The Bertz CT molecular complexity index is 656. The summed E-state index contributed by atoms with van der Waals surface area (Å²) in [5.41, 5.74) is 0.993. The molecular formula is C24H52O8Si4. The summed E-state index contributed by atoms with van der Waals surface area (Å²) in [4.78, 5) is 22.3. The molecule has 36 heavy (non-hydrogen) atoms. The number of hydrogen-bond acceptors (Lipinski definition) is 8. The summed E-state index contributed by atoms with van der Waals surface area (Å²) in [6.45, 7) is 25.9. The smallest absolute Gasteiger partial charge is 0.466 e. The van der Waals surface area contributed by atoms with Gasteiger partial charge in [0, 0.05) is 26.5 Å². The van der Waals surface area contributed by atoms with E-state index in [1.807, 2.05) is 6.92 Å². The molecule has 0 aliphatic rings. The van der Waals surface area contributed by atoms with Gasteiger partial charge in [0.05, 0.1) is 19.8 Å². The fourth-order valence-corrected chi connectivity index (χ4v) is 20.4. The zero-order chi connectivity index (χ0) is 28.0. The van der Waals surface area contributed by atoms with E-state index in [-0.39, 0.29) is 11.9 Å². The third-order valence-electron chi connectivity index (χ3n) is 4.90. The molecule has 0 aromatic rings. The average Bonchev–Trinajstić information content (AvgIpc) is 2.65. The summed E-state index contributed by atoms with van der Waals surface area (Å²) in [6, 6.07) is 2.37. The minimum Gasteiger partial charge on any atom is -0.466 e. The molecule has 0 fully saturated rings. The molecule has 0 aromatic carbocycles. The van der Waals surface area contributed by atoms with Crippen molar-refractivity contribution in [1.82, 2.24) is 0 Å². The summed E-state index contributed by atoms with van der Waals surface area (Å²) in [5, 5.41) is 0. The van der Waals surface area contributed by atoms with Crippen LogP contribution in [0.15, 0.2) is 12.2 Å². The van der Waals surface area contributed by atoms with E-state index in [0.29, 0.717) is 32.5 Å². The van der Waals surface area contributed by atoms with Crippen LogP contribution in [0.1, 0.15) is 40.0 Å². The van der Waals surface area contributed by atoms with Gasteiger partial charge in [0.25, 0.3) is 0 Å². The van der Waals surface area contributed by atoms with E-state index in [9.17, 15) is 9.59 Å². The molecule has 0 amide bonds. The molecule has 12 heteroatoms. The number of esters is 2. The van der Waals surface area contributed by atoms with Crippen molar-refractivity contribution in [2.75, 3.05) is 26.4 Å². The van der Waals surface area contributed by atoms with Gasteiger partial charge in [-0.25, -0.2) is 0 Å². The average molecular weight is 581 g/mol. The van der Waals surface area contributed by atoms with Gasteiger partial charge >= 0.3 is 20.7 Å². The van der Waals surface area contributed by atoms with Gasteiger partial charge in [0.1, 0.15) is 0 Å². The lowest BCUT2D eigenvalue weighted by molar-refractivity contribution is -0.141. The summed E-state index contributed by atoms with van der Waals surface area (Å²) in [5.74, 6) is -0.526. The predicted molar refractivity (Wildman–Crippen MR) is 154 cm³/mol. The van der Waals surface area contributed by atoms with Crippen molar-refractivity contribution in [3.8, 4) is 0 Å². The molecule has 0 unspecified atom stereocenters. The first-order valence-corrected chi connectivity index (χ1v) is 24.5. The zero-order valence-electron chi connectivity index (χ0n) is 24.5. The van der Waals surface area contributed by atoms with E-state index < -0.39 is 33.8 Å². The van der Waals surface area contributed by atoms with E-state index in [0.717, 1.165) is 36.9 Å². The van der Waals surface area contributed by atoms with Crippen LogP contribution in [0.25, 0.3) is 0 Å². The second-order valence-electron chi connectivity index (χ2n) is 11.6. The first kappa shape index (κ1) is 35.4. The van der Waals surface area contributed by atoms with Crippen molar-refractivity contribution < 1.29 is 36.1 Å². The number of carbonyl (C=O) groups is 2. The Morgan fingerprint density at radius 3 is 1.42 bits per heavy atom. The van der Waals surface area contributed by atoms with Crippen molar-refractivity contribution in [3.05, 3.63) is 12.2 Å². The molecule has 0 heterocycles. The third-order valence-corrected chi connectivity index (χ3v) is 19.6. The van der Waals surface area contributed by atoms with Gasteiger partial charge in [-0.05, 0) is 84.1 Å². The van der Waals surface area contributed by atoms with Crippen LogP contribution >= 0.6 is 0 Å². The minimum absolute atomic E-state index is 0.263. The fraction of sp³-hybridized carbons (Fsp3) is 0.833. The highest BCUT2D eigenvalue weighted by Crippen LogP contribution is 2.33. The number of hydrogen-bond donors (Lipinski definition) is 0. The van der Waals surface area contributed by atoms with Crippen LogP contribution < -0.4 is 0 Å². The van der Waals surface area contributed by atoms with Gasteiger partial charge in [-0.3, -0.25) is 9.59 Å². The zero-order valence-corrected chi connectivity index (χ0v) is 28.5. The topological polar surface area (TPSA) is 89.5 Å². The summed E-state index contributed by atoms with van der Waals surface area (Å²) in [7, 11) is -9.52. The van der Waals surface area contributed by atoms with Gasteiger partial charge < -0.3 is 26.6 Å². The van der Waals surface area contributed by atoms with Crippen LogP contribution in [0.3, 0.4) is 0 Å². The first-order valence-electron chi connectivity index (χ1n) is 13.0. The SMILES string of the molecule is C=C(C)COCCC[Si](O[Si](C)(C)C)(O[Si](C)(C)CCCOC(C)=O)O[Si](C)(C)CCCOC(C)=O. The Kier molecular flexibility index (Phi) is 16.1. The van der Waals surface area contributed by atoms with Crippen LogP contribution in [0.2, 0.25) is 64.0 Å². The minimum atomic E-state index is -3.08. The van der Waals surface area contributed by atoms with Gasteiger partial charge in [-0.2, -0.15) is 0 Å². The molecule has 0 aromatic heterocycles. The first-order chi connectivity index (χ1) is 16.4. The van der Waals surface area contributed by atoms with E-state index in [2.05, 4.69) is 52.4 Å². The molecule has 0 bridgehead atoms. The molecule has 0 N–H and O–H groups in total. The lowest BCUT2D eigenvalue weighted by Gasteiger charge is -2.44. The standard InChI is InChI=1S/C24H52O8Si4/c1-22(2)21-27-15-12-20-36(30-33(5,6)7,31-34(8,9)18-13-16-28-23(3)25)32-35(10,11)19-14-17-29-24(4)26/h1,12-21H2,2-11H3. The summed E-state index contributed by atoms with van der Waals surface area (Å²) >= 11 is 0. The highest BCUT2D eigenvalue weighted by atomic mass is 28.5. The number of ether oxygens (including phenoxy) is 3. The molecule has 0 saturated heterocycles. The van der Waals surface area contributed by atoms with Gasteiger partial charge in [-0.15, -0.1) is 0 Å². The van der Waals surface area contributed by atoms with Crippen molar-refractivity contribution in [2.45, 2.75) is 104 Å². The molecule has 0 atom stereocenters. The fourth-order valence-electron chi connectivity index (χ4n) is 3.69. The normalized spacial score (nSPS) is 12.9. The summed E-state index contributed by atoms with van der Waals surface area (Å²) < 4.78 is 37.0. The van der Waals surface area contributed by atoms with Crippen molar-refractivity contribution in [2.24, 2.45) is 0 Å². The largest absolute Gasteiger partial charge is 0.469 e. The lowest BCUT2D eigenvalue weighted by Crippen LogP contribution is -2.61.